The first-order chi connectivity index (χ1) is 10.3. The minimum absolute atomic E-state index is 0.120. The van der Waals surface area contributed by atoms with Gasteiger partial charge in [0.05, 0.1) is 0 Å². The van der Waals surface area contributed by atoms with Crippen LogP contribution in [0.15, 0.2) is 30.3 Å². The van der Waals surface area contributed by atoms with E-state index in [1.807, 2.05) is 13.8 Å². The number of carbonyl (C=O) groups is 1. The molecule has 0 aliphatic heterocycles. The lowest BCUT2D eigenvalue weighted by Crippen LogP contribution is -2.20. The number of carbonyl (C=O) groups excluding carboxylic acids is 1. The molecule has 1 amide bonds. The molecule has 0 saturated heterocycles. The van der Waals surface area contributed by atoms with Crippen LogP contribution < -0.4 is 10.1 Å². The lowest BCUT2D eigenvalue weighted by Gasteiger charge is -2.10. The molecule has 2 aromatic rings. The normalized spacial score (nSPS) is 10.4. The Labute approximate surface area is 144 Å². The molecule has 2 rings (SSSR count). The largest absolute Gasteiger partial charge is 0.484 e. The van der Waals surface area contributed by atoms with Gasteiger partial charge < -0.3 is 10.1 Å². The molecule has 0 aliphatic rings. The second kappa shape index (κ2) is 7.23. The van der Waals surface area contributed by atoms with Crippen LogP contribution in [0.25, 0.3) is 0 Å². The minimum Gasteiger partial charge on any atom is -0.484 e. The summed E-state index contributed by atoms with van der Waals surface area (Å²) in [5.41, 5.74) is 2.33. The summed E-state index contributed by atoms with van der Waals surface area (Å²) < 4.78 is 5.48. The lowest BCUT2D eigenvalue weighted by molar-refractivity contribution is -0.118. The first-order valence-corrected chi connectivity index (χ1v) is 7.64. The summed E-state index contributed by atoms with van der Waals surface area (Å²) in [5.74, 6) is 0.294. The summed E-state index contributed by atoms with van der Waals surface area (Å²) in [4.78, 5) is 11.9. The van der Waals surface area contributed by atoms with Crippen LogP contribution in [0.4, 0.5) is 5.69 Å². The fourth-order valence-electron chi connectivity index (χ4n) is 1.96. The Hall–Kier alpha value is -1.42. The maximum atomic E-state index is 11.9. The summed E-state index contributed by atoms with van der Waals surface area (Å²) in [5, 5.41) is 4.28. The predicted octanol–water partition coefficient (Wildman–Crippen LogP) is 5.28. The molecule has 6 heteroatoms. The van der Waals surface area contributed by atoms with Crippen LogP contribution >= 0.6 is 34.8 Å². The Morgan fingerprint density at radius 3 is 2.09 bits per heavy atom. The summed E-state index contributed by atoms with van der Waals surface area (Å²) in [6, 6.07) is 8.40. The van der Waals surface area contributed by atoms with E-state index < -0.39 is 0 Å². The zero-order chi connectivity index (χ0) is 16.3. The van der Waals surface area contributed by atoms with Crippen LogP contribution in [0, 0.1) is 13.8 Å². The number of nitrogens with one attached hydrogen (secondary N) is 1. The van der Waals surface area contributed by atoms with E-state index in [0.29, 0.717) is 26.5 Å². The number of aryl methyl sites for hydroxylation is 2. The van der Waals surface area contributed by atoms with E-state index in [4.69, 9.17) is 39.5 Å². The third kappa shape index (κ3) is 4.54. The minimum atomic E-state index is -0.302. The van der Waals surface area contributed by atoms with Gasteiger partial charge in [-0.05, 0) is 55.3 Å². The molecule has 0 spiro atoms. The number of benzene rings is 2. The zero-order valence-electron chi connectivity index (χ0n) is 12.0. The molecule has 0 saturated carbocycles. The number of ether oxygens (including phenoxy) is 1. The van der Waals surface area contributed by atoms with E-state index in [-0.39, 0.29) is 12.5 Å². The van der Waals surface area contributed by atoms with E-state index in [2.05, 4.69) is 5.32 Å². The molecule has 0 radical (unpaired) electrons. The van der Waals surface area contributed by atoms with Crippen molar-refractivity contribution >= 4 is 46.4 Å². The molecule has 1 N–H and O–H groups in total. The van der Waals surface area contributed by atoms with Gasteiger partial charge in [-0.15, -0.1) is 0 Å². The highest BCUT2D eigenvalue weighted by Crippen LogP contribution is 2.26. The highest BCUT2D eigenvalue weighted by molar-refractivity contribution is 6.35. The summed E-state index contributed by atoms with van der Waals surface area (Å²) in [7, 11) is 0. The highest BCUT2D eigenvalue weighted by Gasteiger charge is 2.08. The molecule has 0 aromatic heterocycles. The summed E-state index contributed by atoms with van der Waals surface area (Å²) in [6.45, 7) is 3.65. The maximum absolute atomic E-state index is 11.9. The second-order valence-electron chi connectivity index (χ2n) is 4.87. The average Bonchev–Trinajstić information content (AvgIpc) is 2.41. The molecule has 22 heavy (non-hydrogen) atoms. The fraction of sp³-hybridized carbons (Fsp3) is 0.188. The van der Waals surface area contributed by atoms with Gasteiger partial charge in [-0.1, -0.05) is 34.8 Å². The smallest absolute Gasteiger partial charge is 0.262 e. The number of hydrogen-bond donors (Lipinski definition) is 1. The Morgan fingerprint density at radius 2 is 1.55 bits per heavy atom. The number of hydrogen-bond acceptors (Lipinski definition) is 2. The van der Waals surface area contributed by atoms with Gasteiger partial charge in [0, 0.05) is 20.8 Å². The van der Waals surface area contributed by atoms with E-state index in [1.165, 1.54) is 0 Å². The average molecular weight is 359 g/mol. The van der Waals surface area contributed by atoms with E-state index in [9.17, 15) is 4.79 Å². The molecule has 0 aliphatic carbocycles. The maximum Gasteiger partial charge on any atom is 0.262 e. The van der Waals surface area contributed by atoms with Crippen molar-refractivity contribution in [3.63, 3.8) is 0 Å². The van der Waals surface area contributed by atoms with Gasteiger partial charge >= 0.3 is 0 Å². The van der Waals surface area contributed by atoms with Crippen molar-refractivity contribution in [2.24, 2.45) is 0 Å². The van der Waals surface area contributed by atoms with Crippen molar-refractivity contribution < 1.29 is 9.53 Å². The van der Waals surface area contributed by atoms with Crippen molar-refractivity contribution in [2.75, 3.05) is 11.9 Å². The van der Waals surface area contributed by atoms with Crippen molar-refractivity contribution in [2.45, 2.75) is 13.8 Å². The predicted molar refractivity (Wildman–Crippen MR) is 91.5 cm³/mol. The molecular formula is C16H14Cl3NO2. The molecule has 0 atom stereocenters. The van der Waals surface area contributed by atoms with Crippen LogP contribution in [-0.2, 0) is 4.79 Å². The summed E-state index contributed by atoms with van der Waals surface area (Å²) >= 11 is 17.8. The second-order valence-corrected chi connectivity index (χ2v) is 6.12. The molecule has 116 valence electrons. The van der Waals surface area contributed by atoms with Gasteiger partial charge in [0.25, 0.3) is 5.91 Å². The third-order valence-electron chi connectivity index (χ3n) is 2.93. The Morgan fingerprint density at radius 1 is 1.00 bits per heavy atom. The van der Waals surface area contributed by atoms with Crippen LogP contribution in [-0.4, -0.2) is 12.5 Å². The van der Waals surface area contributed by atoms with Crippen molar-refractivity contribution in [1.29, 1.82) is 0 Å². The van der Waals surface area contributed by atoms with Gasteiger partial charge in [-0.25, -0.2) is 0 Å². The molecule has 2 aromatic carbocycles. The Balaban J connectivity index is 1.98. The topological polar surface area (TPSA) is 38.3 Å². The number of anilines is 1. The monoisotopic (exact) mass is 357 g/mol. The quantitative estimate of drug-likeness (QED) is 0.807. The molecule has 0 heterocycles. The van der Waals surface area contributed by atoms with E-state index in [0.717, 1.165) is 11.1 Å². The van der Waals surface area contributed by atoms with Crippen LogP contribution in [0.2, 0.25) is 15.1 Å². The summed E-state index contributed by atoms with van der Waals surface area (Å²) in [6.07, 6.45) is 0. The molecule has 0 unspecified atom stereocenters. The first kappa shape index (κ1) is 16.9. The fourth-order valence-corrected chi connectivity index (χ4v) is 2.60. The number of halogens is 3. The van der Waals surface area contributed by atoms with Gasteiger partial charge in [0.15, 0.2) is 6.61 Å². The van der Waals surface area contributed by atoms with Crippen LogP contribution in [0.5, 0.6) is 5.75 Å². The van der Waals surface area contributed by atoms with Gasteiger partial charge in [0.2, 0.25) is 0 Å². The van der Waals surface area contributed by atoms with Gasteiger partial charge in [-0.2, -0.15) is 0 Å². The molecule has 0 fully saturated rings. The van der Waals surface area contributed by atoms with Gasteiger partial charge in [0.1, 0.15) is 5.75 Å². The van der Waals surface area contributed by atoms with E-state index in [1.54, 1.807) is 30.3 Å². The molecular weight excluding hydrogens is 345 g/mol. The molecule has 0 bridgehead atoms. The van der Waals surface area contributed by atoms with Gasteiger partial charge in [-0.3, -0.25) is 4.79 Å². The SMILES string of the molecule is Cc1cc(OCC(=O)Nc2cc(Cl)cc(Cl)c2)cc(C)c1Cl. The molecule has 3 nitrogen and oxygen atoms in total. The highest BCUT2D eigenvalue weighted by atomic mass is 35.5. The number of rotatable bonds is 4. The van der Waals surface area contributed by atoms with Crippen LogP contribution in [0.3, 0.4) is 0 Å². The van der Waals surface area contributed by atoms with E-state index >= 15 is 0 Å². The standard InChI is InChI=1S/C16H14Cl3NO2/c1-9-3-14(4-10(2)16(9)19)22-8-15(21)20-13-6-11(17)5-12(18)7-13/h3-7H,8H2,1-2H3,(H,20,21). The third-order valence-corrected chi connectivity index (χ3v) is 3.96. The van der Waals surface area contributed by atoms with Crippen molar-refractivity contribution in [3.8, 4) is 5.75 Å². The Bertz CT molecular complexity index is 673. The number of amides is 1. The van der Waals surface area contributed by atoms with Crippen LogP contribution in [0.1, 0.15) is 11.1 Å². The first-order valence-electron chi connectivity index (χ1n) is 6.50. The zero-order valence-corrected chi connectivity index (χ0v) is 14.3. The Kier molecular flexibility index (Phi) is 5.57. The lowest BCUT2D eigenvalue weighted by atomic mass is 10.1. The van der Waals surface area contributed by atoms with Crippen molar-refractivity contribution in [3.05, 3.63) is 56.5 Å². The van der Waals surface area contributed by atoms with Crippen molar-refractivity contribution in [1.82, 2.24) is 0 Å².